The van der Waals surface area contributed by atoms with Gasteiger partial charge in [0, 0.05) is 30.2 Å². The molecule has 2 amide bonds. The minimum Gasteiger partial charge on any atom is -0.444 e. The topological polar surface area (TPSA) is 74.4 Å². The molecule has 0 spiro atoms. The summed E-state index contributed by atoms with van der Waals surface area (Å²) in [5.74, 6) is -0.104. The smallest absolute Gasteiger partial charge is 0.410 e. The third-order valence-corrected chi connectivity index (χ3v) is 4.55. The molecule has 1 aliphatic heterocycles. The van der Waals surface area contributed by atoms with Crippen molar-refractivity contribution in [3.05, 3.63) is 36.0 Å². The molecule has 1 aromatic carbocycles. The maximum absolute atomic E-state index is 12.5. The van der Waals surface area contributed by atoms with Gasteiger partial charge in [-0.1, -0.05) is 18.2 Å². The minimum absolute atomic E-state index is 0.104. The molecule has 140 valence electrons. The summed E-state index contributed by atoms with van der Waals surface area (Å²) in [6.45, 7) is 6.60. The van der Waals surface area contributed by atoms with E-state index in [1.165, 1.54) is 10.9 Å². The first-order valence-corrected chi connectivity index (χ1v) is 9.17. The average molecular weight is 357 g/mol. The van der Waals surface area contributed by atoms with Crippen molar-refractivity contribution in [2.45, 2.75) is 51.7 Å². The van der Waals surface area contributed by atoms with E-state index in [-0.39, 0.29) is 5.91 Å². The normalized spacial score (nSPS) is 17.5. The van der Waals surface area contributed by atoms with Crippen molar-refractivity contribution in [3.63, 3.8) is 0 Å². The van der Waals surface area contributed by atoms with Crippen LogP contribution in [0.3, 0.4) is 0 Å². The number of hydrogen-bond donors (Lipinski definition) is 2. The second kappa shape index (κ2) is 7.40. The van der Waals surface area contributed by atoms with Crippen molar-refractivity contribution in [2.24, 2.45) is 0 Å². The number of H-pyrrole nitrogens is 1. The molecular formula is C20H27N3O3. The molecule has 0 bridgehead atoms. The Morgan fingerprint density at radius 2 is 2.08 bits per heavy atom. The Hall–Kier alpha value is -2.50. The number of rotatable bonds is 4. The number of benzene rings is 1. The van der Waals surface area contributed by atoms with E-state index in [4.69, 9.17) is 4.74 Å². The zero-order chi connectivity index (χ0) is 18.7. The highest BCUT2D eigenvalue weighted by atomic mass is 16.6. The molecule has 2 N–H and O–H groups in total. The lowest BCUT2D eigenvalue weighted by Crippen LogP contribution is -2.47. The highest BCUT2D eigenvalue weighted by Crippen LogP contribution is 2.21. The van der Waals surface area contributed by atoms with Crippen LogP contribution < -0.4 is 5.32 Å². The maximum atomic E-state index is 12.5. The van der Waals surface area contributed by atoms with Gasteiger partial charge in [0.2, 0.25) is 5.91 Å². The van der Waals surface area contributed by atoms with Crippen molar-refractivity contribution >= 4 is 22.9 Å². The summed E-state index contributed by atoms with van der Waals surface area (Å²) in [4.78, 5) is 29.6. The molecule has 0 unspecified atom stereocenters. The molecule has 1 aromatic heterocycles. The Morgan fingerprint density at radius 1 is 1.31 bits per heavy atom. The number of carbonyl (C=O) groups is 2. The van der Waals surface area contributed by atoms with Gasteiger partial charge in [0.1, 0.15) is 11.6 Å². The Balaban J connectivity index is 1.55. The number of para-hydroxylation sites is 1. The Morgan fingerprint density at radius 3 is 2.85 bits per heavy atom. The largest absolute Gasteiger partial charge is 0.444 e. The predicted molar refractivity (Wildman–Crippen MR) is 101 cm³/mol. The first-order valence-electron chi connectivity index (χ1n) is 9.17. The fourth-order valence-corrected chi connectivity index (χ4v) is 3.36. The first kappa shape index (κ1) is 18.3. The molecule has 0 radical (unpaired) electrons. The Labute approximate surface area is 153 Å². The highest BCUT2D eigenvalue weighted by molar-refractivity contribution is 5.86. The third-order valence-electron chi connectivity index (χ3n) is 4.55. The zero-order valence-electron chi connectivity index (χ0n) is 15.7. The zero-order valence-corrected chi connectivity index (χ0v) is 15.7. The quantitative estimate of drug-likeness (QED) is 0.882. The average Bonchev–Trinajstić information content (AvgIpc) is 3.20. The van der Waals surface area contributed by atoms with Gasteiger partial charge >= 0.3 is 6.09 Å². The summed E-state index contributed by atoms with van der Waals surface area (Å²) in [6.07, 6.45) is 3.82. The van der Waals surface area contributed by atoms with Crippen LogP contribution in [-0.2, 0) is 16.0 Å². The highest BCUT2D eigenvalue weighted by Gasteiger charge is 2.36. The van der Waals surface area contributed by atoms with Gasteiger partial charge in [-0.3, -0.25) is 9.69 Å². The SMILES string of the molecule is CC(C)(C)OC(=O)N1CCC[C@H]1C(=O)NCCc1c[nH]c2ccccc12. The van der Waals surface area contributed by atoms with Crippen LogP contribution in [0.15, 0.2) is 30.5 Å². The summed E-state index contributed by atoms with van der Waals surface area (Å²) in [5.41, 5.74) is 1.72. The second-order valence-corrected chi connectivity index (χ2v) is 7.73. The fraction of sp³-hybridized carbons (Fsp3) is 0.500. The number of likely N-dealkylation sites (tertiary alicyclic amines) is 1. The summed E-state index contributed by atoms with van der Waals surface area (Å²) in [5, 5.41) is 4.15. The van der Waals surface area contributed by atoms with E-state index in [1.54, 1.807) is 4.90 Å². The van der Waals surface area contributed by atoms with E-state index in [0.29, 0.717) is 19.5 Å². The number of aromatic amines is 1. The molecular weight excluding hydrogens is 330 g/mol. The number of nitrogens with zero attached hydrogens (tertiary/aromatic N) is 1. The van der Waals surface area contributed by atoms with Gasteiger partial charge in [0.25, 0.3) is 0 Å². The van der Waals surface area contributed by atoms with Gasteiger partial charge in [-0.2, -0.15) is 0 Å². The van der Waals surface area contributed by atoms with Crippen molar-refractivity contribution in [1.82, 2.24) is 15.2 Å². The van der Waals surface area contributed by atoms with E-state index in [9.17, 15) is 9.59 Å². The van der Waals surface area contributed by atoms with Crippen molar-refractivity contribution < 1.29 is 14.3 Å². The van der Waals surface area contributed by atoms with E-state index >= 15 is 0 Å². The molecule has 26 heavy (non-hydrogen) atoms. The van der Waals surface area contributed by atoms with Crippen LogP contribution in [0.4, 0.5) is 4.79 Å². The second-order valence-electron chi connectivity index (χ2n) is 7.73. The predicted octanol–water partition coefficient (Wildman–Crippen LogP) is 3.23. The van der Waals surface area contributed by atoms with Crippen molar-refractivity contribution in [2.75, 3.05) is 13.1 Å². The van der Waals surface area contributed by atoms with Gasteiger partial charge < -0.3 is 15.0 Å². The van der Waals surface area contributed by atoms with Crippen LogP contribution in [-0.4, -0.2) is 46.6 Å². The molecule has 0 aliphatic carbocycles. The van der Waals surface area contributed by atoms with E-state index in [0.717, 1.165) is 18.4 Å². The van der Waals surface area contributed by atoms with Crippen LogP contribution in [0.1, 0.15) is 39.2 Å². The molecule has 6 heteroatoms. The molecule has 6 nitrogen and oxygen atoms in total. The summed E-state index contributed by atoms with van der Waals surface area (Å²) in [6, 6.07) is 7.68. The summed E-state index contributed by atoms with van der Waals surface area (Å²) >= 11 is 0. The molecule has 3 rings (SSSR count). The molecule has 0 saturated carbocycles. The summed E-state index contributed by atoms with van der Waals surface area (Å²) < 4.78 is 5.42. The molecule has 1 atom stereocenters. The van der Waals surface area contributed by atoms with Gasteiger partial charge in [0.05, 0.1) is 0 Å². The van der Waals surface area contributed by atoms with Crippen LogP contribution in [0.2, 0.25) is 0 Å². The van der Waals surface area contributed by atoms with Crippen molar-refractivity contribution in [3.8, 4) is 0 Å². The molecule has 1 fully saturated rings. The van der Waals surface area contributed by atoms with E-state index < -0.39 is 17.7 Å². The number of aromatic nitrogens is 1. The van der Waals surface area contributed by atoms with Gasteiger partial charge in [-0.15, -0.1) is 0 Å². The molecule has 1 saturated heterocycles. The number of ether oxygens (including phenoxy) is 1. The van der Waals surface area contributed by atoms with Crippen LogP contribution in [0, 0.1) is 0 Å². The Bertz CT molecular complexity index is 791. The molecule has 2 aromatic rings. The van der Waals surface area contributed by atoms with Crippen LogP contribution >= 0.6 is 0 Å². The number of hydrogen-bond acceptors (Lipinski definition) is 3. The number of nitrogens with one attached hydrogen (secondary N) is 2. The van der Waals surface area contributed by atoms with Crippen molar-refractivity contribution in [1.29, 1.82) is 0 Å². The monoisotopic (exact) mass is 357 g/mol. The first-order chi connectivity index (χ1) is 12.3. The standard InChI is InChI=1S/C20H27N3O3/c1-20(2,3)26-19(25)23-12-6-9-17(23)18(24)21-11-10-14-13-22-16-8-5-4-7-15(14)16/h4-5,7-8,13,17,22H,6,9-12H2,1-3H3,(H,21,24)/t17-/m0/s1. The third kappa shape index (κ3) is 4.18. The van der Waals surface area contributed by atoms with Gasteiger partial charge in [0.15, 0.2) is 0 Å². The van der Waals surface area contributed by atoms with E-state index in [1.807, 2.05) is 45.2 Å². The van der Waals surface area contributed by atoms with Gasteiger partial charge in [-0.25, -0.2) is 4.79 Å². The lowest BCUT2D eigenvalue weighted by molar-refractivity contribution is -0.125. The minimum atomic E-state index is -0.559. The Kier molecular flexibility index (Phi) is 5.20. The van der Waals surface area contributed by atoms with E-state index in [2.05, 4.69) is 16.4 Å². The molecule has 2 heterocycles. The summed E-state index contributed by atoms with van der Waals surface area (Å²) in [7, 11) is 0. The van der Waals surface area contributed by atoms with Crippen LogP contribution in [0.5, 0.6) is 0 Å². The number of fused-ring (bicyclic) bond motifs is 1. The fourth-order valence-electron chi connectivity index (χ4n) is 3.36. The maximum Gasteiger partial charge on any atom is 0.410 e. The number of amides is 2. The lowest BCUT2D eigenvalue weighted by atomic mass is 10.1. The molecule has 1 aliphatic rings. The van der Waals surface area contributed by atoms with Crippen LogP contribution in [0.25, 0.3) is 10.9 Å². The lowest BCUT2D eigenvalue weighted by Gasteiger charge is -2.28. The van der Waals surface area contributed by atoms with Gasteiger partial charge in [-0.05, 0) is 51.7 Å². The number of carbonyl (C=O) groups excluding carboxylic acids is 2.